The molecule has 100 valence electrons. The van der Waals surface area contributed by atoms with Gasteiger partial charge in [-0.1, -0.05) is 29.8 Å². The Hall–Kier alpha value is -1.42. The van der Waals surface area contributed by atoms with Crippen LogP contribution in [0.3, 0.4) is 0 Å². The summed E-state index contributed by atoms with van der Waals surface area (Å²) in [6, 6.07) is 12.2. The summed E-state index contributed by atoms with van der Waals surface area (Å²) in [5, 5.41) is 0.689. The molecule has 1 atom stereocenters. The first-order valence-electron chi connectivity index (χ1n) is 6.06. The lowest BCUT2D eigenvalue weighted by atomic mass is 9.98. The first-order valence-corrected chi connectivity index (χ1v) is 6.44. The van der Waals surface area contributed by atoms with Crippen molar-refractivity contribution in [3.8, 4) is 0 Å². The predicted molar refractivity (Wildman–Crippen MR) is 76.4 cm³/mol. The Balaban J connectivity index is 2.22. The standard InChI is InChI=1S/C15H16ClFN2/c1-10-6-12(9-13(16)7-10)15(19-18)8-11-2-4-14(17)5-3-11/h2-7,9,15,19H,8,18H2,1H3. The van der Waals surface area contributed by atoms with Crippen LogP contribution < -0.4 is 11.3 Å². The van der Waals surface area contributed by atoms with Crippen LogP contribution in [-0.4, -0.2) is 0 Å². The van der Waals surface area contributed by atoms with E-state index in [4.69, 9.17) is 17.4 Å². The van der Waals surface area contributed by atoms with Crippen molar-refractivity contribution in [2.75, 3.05) is 0 Å². The molecule has 4 heteroatoms. The number of hydrogen-bond acceptors (Lipinski definition) is 2. The highest BCUT2D eigenvalue weighted by Crippen LogP contribution is 2.23. The van der Waals surface area contributed by atoms with E-state index in [0.29, 0.717) is 11.4 Å². The van der Waals surface area contributed by atoms with Crippen LogP contribution >= 0.6 is 11.6 Å². The molecule has 0 aliphatic rings. The van der Waals surface area contributed by atoms with Gasteiger partial charge in [0.25, 0.3) is 0 Å². The SMILES string of the molecule is Cc1cc(Cl)cc(C(Cc2ccc(F)cc2)NN)c1. The minimum absolute atomic E-state index is 0.0529. The Labute approximate surface area is 117 Å². The molecule has 0 radical (unpaired) electrons. The lowest BCUT2D eigenvalue weighted by molar-refractivity contribution is 0.550. The van der Waals surface area contributed by atoms with E-state index in [1.165, 1.54) is 12.1 Å². The van der Waals surface area contributed by atoms with Crippen molar-refractivity contribution in [3.05, 3.63) is 70.0 Å². The van der Waals surface area contributed by atoms with E-state index in [0.717, 1.165) is 16.7 Å². The highest BCUT2D eigenvalue weighted by Gasteiger charge is 2.11. The lowest BCUT2D eigenvalue weighted by Gasteiger charge is -2.17. The number of rotatable bonds is 4. The molecule has 19 heavy (non-hydrogen) atoms. The summed E-state index contributed by atoms with van der Waals surface area (Å²) < 4.78 is 12.9. The van der Waals surface area contributed by atoms with E-state index in [9.17, 15) is 4.39 Å². The average Bonchev–Trinajstić information content (AvgIpc) is 2.37. The summed E-state index contributed by atoms with van der Waals surface area (Å²) >= 11 is 6.06. The van der Waals surface area contributed by atoms with Gasteiger partial charge in [-0.05, 0) is 54.3 Å². The summed E-state index contributed by atoms with van der Waals surface area (Å²) in [7, 11) is 0. The van der Waals surface area contributed by atoms with Gasteiger partial charge in [-0.3, -0.25) is 11.3 Å². The van der Waals surface area contributed by atoms with Crippen molar-refractivity contribution < 1.29 is 4.39 Å². The molecule has 0 amide bonds. The Morgan fingerprint density at radius 1 is 1.21 bits per heavy atom. The van der Waals surface area contributed by atoms with Gasteiger partial charge in [-0.2, -0.15) is 0 Å². The van der Waals surface area contributed by atoms with Crippen molar-refractivity contribution >= 4 is 11.6 Å². The van der Waals surface area contributed by atoms with Crippen molar-refractivity contribution in [1.29, 1.82) is 0 Å². The molecule has 3 N–H and O–H groups in total. The van der Waals surface area contributed by atoms with Gasteiger partial charge in [-0.15, -0.1) is 0 Å². The van der Waals surface area contributed by atoms with Crippen LogP contribution in [0, 0.1) is 12.7 Å². The molecule has 0 aliphatic carbocycles. The largest absolute Gasteiger partial charge is 0.271 e. The molecule has 0 saturated carbocycles. The van der Waals surface area contributed by atoms with E-state index in [1.54, 1.807) is 12.1 Å². The maximum Gasteiger partial charge on any atom is 0.123 e. The Kier molecular flexibility index (Phi) is 4.53. The number of nitrogens with one attached hydrogen (secondary N) is 1. The molecular weight excluding hydrogens is 263 g/mol. The molecule has 1 unspecified atom stereocenters. The molecule has 0 aromatic heterocycles. The monoisotopic (exact) mass is 278 g/mol. The van der Waals surface area contributed by atoms with E-state index in [2.05, 4.69) is 5.43 Å². The highest BCUT2D eigenvalue weighted by atomic mass is 35.5. The zero-order valence-electron chi connectivity index (χ0n) is 10.7. The maximum atomic E-state index is 12.9. The second kappa shape index (κ2) is 6.15. The number of benzene rings is 2. The second-order valence-electron chi connectivity index (χ2n) is 4.61. The van der Waals surface area contributed by atoms with Crippen molar-refractivity contribution in [1.82, 2.24) is 5.43 Å². The van der Waals surface area contributed by atoms with Gasteiger partial charge in [0.15, 0.2) is 0 Å². The van der Waals surface area contributed by atoms with E-state index in [1.807, 2.05) is 25.1 Å². The number of nitrogens with two attached hydrogens (primary N) is 1. The van der Waals surface area contributed by atoms with Crippen molar-refractivity contribution in [3.63, 3.8) is 0 Å². The predicted octanol–water partition coefficient (Wildman–Crippen LogP) is 3.53. The average molecular weight is 279 g/mol. The number of hydrogen-bond donors (Lipinski definition) is 2. The van der Waals surface area contributed by atoms with Gasteiger partial charge in [0.05, 0.1) is 6.04 Å². The third-order valence-corrected chi connectivity index (χ3v) is 3.24. The first kappa shape index (κ1) is 14.0. The van der Waals surface area contributed by atoms with Crippen LogP contribution in [0.2, 0.25) is 5.02 Å². The fourth-order valence-electron chi connectivity index (χ4n) is 2.09. The van der Waals surface area contributed by atoms with Gasteiger partial charge in [0, 0.05) is 5.02 Å². The molecule has 0 bridgehead atoms. The second-order valence-corrected chi connectivity index (χ2v) is 5.05. The molecule has 0 aliphatic heterocycles. The van der Waals surface area contributed by atoms with E-state index < -0.39 is 0 Å². The van der Waals surface area contributed by atoms with Gasteiger partial charge < -0.3 is 0 Å². The summed E-state index contributed by atoms with van der Waals surface area (Å²) in [6.07, 6.45) is 0.677. The fraction of sp³-hybridized carbons (Fsp3) is 0.200. The summed E-state index contributed by atoms with van der Waals surface area (Å²) in [5.74, 6) is 5.38. The first-order chi connectivity index (χ1) is 9.08. The van der Waals surface area contributed by atoms with Gasteiger partial charge in [0.1, 0.15) is 5.82 Å². The fourth-order valence-corrected chi connectivity index (χ4v) is 2.39. The molecule has 0 heterocycles. The van der Waals surface area contributed by atoms with Crippen molar-refractivity contribution in [2.24, 2.45) is 5.84 Å². The van der Waals surface area contributed by atoms with Crippen LogP contribution in [0.15, 0.2) is 42.5 Å². The van der Waals surface area contributed by atoms with Crippen LogP contribution in [0.5, 0.6) is 0 Å². The zero-order chi connectivity index (χ0) is 13.8. The minimum atomic E-state index is -0.236. The topological polar surface area (TPSA) is 38.0 Å². The van der Waals surface area contributed by atoms with Crippen molar-refractivity contribution in [2.45, 2.75) is 19.4 Å². The Bertz CT molecular complexity index is 534. The Morgan fingerprint density at radius 3 is 2.47 bits per heavy atom. The molecule has 0 spiro atoms. The smallest absolute Gasteiger partial charge is 0.123 e. The van der Waals surface area contributed by atoms with E-state index in [-0.39, 0.29) is 11.9 Å². The molecule has 2 nitrogen and oxygen atoms in total. The van der Waals surface area contributed by atoms with Gasteiger partial charge >= 0.3 is 0 Å². The quantitative estimate of drug-likeness (QED) is 0.663. The third-order valence-electron chi connectivity index (χ3n) is 3.02. The highest BCUT2D eigenvalue weighted by molar-refractivity contribution is 6.30. The molecule has 0 saturated heterocycles. The molecule has 2 rings (SSSR count). The van der Waals surface area contributed by atoms with E-state index >= 15 is 0 Å². The summed E-state index contributed by atoms with van der Waals surface area (Å²) in [4.78, 5) is 0. The van der Waals surface area contributed by atoms with Gasteiger partial charge in [-0.25, -0.2) is 4.39 Å². The van der Waals surface area contributed by atoms with Crippen LogP contribution in [0.1, 0.15) is 22.7 Å². The number of halogens is 2. The normalized spacial score (nSPS) is 12.4. The third kappa shape index (κ3) is 3.77. The summed E-state index contributed by atoms with van der Waals surface area (Å²) in [5.41, 5.74) is 5.91. The van der Waals surface area contributed by atoms with Crippen LogP contribution in [-0.2, 0) is 6.42 Å². The maximum absolute atomic E-state index is 12.9. The van der Waals surface area contributed by atoms with Gasteiger partial charge in [0.2, 0.25) is 0 Å². The molecule has 0 fully saturated rings. The van der Waals surface area contributed by atoms with Crippen LogP contribution in [0.25, 0.3) is 0 Å². The lowest BCUT2D eigenvalue weighted by Crippen LogP contribution is -2.29. The summed E-state index contributed by atoms with van der Waals surface area (Å²) in [6.45, 7) is 1.99. The zero-order valence-corrected chi connectivity index (χ0v) is 11.4. The molecule has 2 aromatic carbocycles. The number of aryl methyl sites for hydroxylation is 1. The molecule has 2 aromatic rings. The minimum Gasteiger partial charge on any atom is -0.271 e. The van der Waals surface area contributed by atoms with Crippen LogP contribution in [0.4, 0.5) is 4.39 Å². The Morgan fingerprint density at radius 2 is 1.89 bits per heavy atom. The number of hydrazine groups is 1. The molecular formula is C15H16ClFN2.